The highest BCUT2D eigenvalue weighted by Gasteiger charge is 2.19. The first-order chi connectivity index (χ1) is 13.2. The zero-order valence-electron chi connectivity index (χ0n) is 15.5. The average molecular weight is 362 g/mol. The number of rotatable bonds is 7. The third-order valence-electron chi connectivity index (χ3n) is 4.09. The first-order valence-electron chi connectivity index (χ1n) is 8.89. The molecule has 0 aliphatic rings. The molecule has 0 aliphatic carbocycles. The SMILES string of the molecule is CCOC(=O)c1cnc(-c2ccccc2)nc1N(C)CCc1ccccn1. The Kier molecular flexibility index (Phi) is 6.10. The number of esters is 1. The van der Waals surface area contributed by atoms with Gasteiger partial charge in [0.25, 0.3) is 0 Å². The van der Waals surface area contributed by atoms with Crippen molar-refractivity contribution in [2.24, 2.45) is 0 Å². The van der Waals surface area contributed by atoms with Gasteiger partial charge in [-0.3, -0.25) is 4.98 Å². The molecule has 0 spiro atoms. The zero-order valence-corrected chi connectivity index (χ0v) is 15.5. The molecule has 0 amide bonds. The maximum atomic E-state index is 12.4. The molecule has 0 fully saturated rings. The molecule has 0 aliphatic heterocycles. The molecule has 0 saturated carbocycles. The molecule has 0 bridgehead atoms. The number of likely N-dealkylation sites (N-methyl/N-ethyl adjacent to an activating group) is 1. The second-order valence-electron chi connectivity index (χ2n) is 6.01. The van der Waals surface area contributed by atoms with Gasteiger partial charge in [-0.15, -0.1) is 0 Å². The molecule has 0 N–H and O–H groups in total. The van der Waals surface area contributed by atoms with E-state index in [4.69, 9.17) is 4.74 Å². The molecule has 138 valence electrons. The highest BCUT2D eigenvalue weighted by Crippen LogP contribution is 2.22. The number of aromatic nitrogens is 3. The van der Waals surface area contributed by atoms with Gasteiger partial charge in [-0.05, 0) is 19.1 Å². The predicted molar refractivity (Wildman–Crippen MR) is 105 cm³/mol. The summed E-state index contributed by atoms with van der Waals surface area (Å²) in [6, 6.07) is 15.5. The fraction of sp³-hybridized carbons (Fsp3) is 0.238. The van der Waals surface area contributed by atoms with Gasteiger partial charge in [0.2, 0.25) is 0 Å². The number of carbonyl (C=O) groups is 1. The minimum atomic E-state index is -0.420. The van der Waals surface area contributed by atoms with E-state index in [1.807, 2.05) is 60.5 Å². The van der Waals surface area contributed by atoms with Crippen LogP contribution in [0.25, 0.3) is 11.4 Å². The van der Waals surface area contributed by atoms with E-state index in [9.17, 15) is 4.79 Å². The van der Waals surface area contributed by atoms with Crippen LogP contribution in [0.5, 0.6) is 0 Å². The Labute approximate surface area is 158 Å². The molecule has 6 heteroatoms. The van der Waals surface area contributed by atoms with E-state index >= 15 is 0 Å². The van der Waals surface area contributed by atoms with Crippen LogP contribution >= 0.6 is 0 Å². The first-order valence-corrected chi connectivity index (χ1v) is 8.89. The first kappa shape index (κ1) is 18.5. The minimum absolute atomic E-state index is 0.302. The van der Waals surface area contributed by atoms with Crippen LogP contribution in [0.3, 0.4) is 0 Å². The standard InChI is InChI=1S/C21H22N4O2/c1-3-27-21(26)18-15-23-19(16-9-5-4-6-10-16)24-20(18)25(2)14-12-17-11-7-8-13-22-17/h4-11,13,15H,3,12,14H2,1-2H3. The molecule has 3 aromatic rings. The van der Waals surface area contributed by atoms with Crippen LogP contribution in [0, 0.1) is 0 Å². The number of carbonyl (C=O) groups excluding carboxylic acids is 1. The number of hydrogen-bond donors (Lipinski definition) is 0. The van der Waals surface area contributed by atoms with Crippen LogP contribution in [0.2, 0.25) is 0 Å². The van der Waals surface area contributed by atoms with Crippen molar-refractivity contribution in [1.82, 2.24) is 15.0 Å². The number of anilines is 1. The van der Waals surface area contributed by atoms with Crippen molar-refractivity contribution >= 4 is 11.8 Å². The van der Waals surface area contributed by atoms with Crippen molar-refractivity contribution in [2.75, 3.05) is 25.1 Å². The van der Waals surface area contributed by atoms with E-state index in [2.05, 4.69) is 15.0 Å². The predicted octanol–water partition coefficient (Wildman–Crippen LogP) is 3.39. The second-order valence-corrected chi connectivity index (χ2v) is 6.01. The highest BCUT2D eigenvalue weighted by molar-refractivity contribution is 5.94. The van der Waals surface area contributed by atoms with Crippen LogP contribution in [0.4, 0.5) is 5.82 Å². The molecular weight excluding hydrogens is 340 g/mol. The van der Waals surface area contributed by atoms with Crippen LogP contribution in [-0.2, 0) is 11.2 Å². The van der Waals surface area contributed by atoms with Crippen molar-refractivity contribution in [3.05, 3.63) is 72.2 Å². The molecule has 3 rings (SSSR count). The van der Waals surface area contributed by atoms with Crippen LogP contribution in [0.1, 0.15) is 23.0 Å². The van der Waals surface area contributed by atoms with E-state index in [1.165, 1.54) is 0 Å². The van der Waals surface area contributed by atoms with Gasteiger partial charge in [-0.1, -0.05) is 36.4 Å². The van der Waals surface area contributed by atoms with E-state index < -0.39 is 5.97 Å². The van der Waals surface area contributed by atoms with Gasteiger partial charge in [0.15, 0.2) is 5.82 Å². The fourth-order valence-electron chi connectivity index (χ4n) is 2.68. The number of benzene rings is 1. The summed E-state index contributed by atoms with van der Waals surface area (Å²) in [7, 11) is 1.91. The lowest BCUT2D eigenvalue weighted by atomic mass is 10.2. The van der Waals surface area contributed by atoms with E-state index in [-0.39, 0.29) is 0 Å². The van der Waals surface area contributed by atoms with Crippen molar-refractivity contribution in [3.8, 4) is 11.4 Å². The maximum Gasteiger partial charge on any atom is 0.343 e. The van der Waals surface area contributed by atoms with Gasteiger partial charge in [-0.25, -0.2) is 14.8 Å². The van der Waals surface area contributed by atoms with Gasteiger partial charge in [0.05, 0.1) is 6.61 Å². The fourth-order valence-corrected chi connectivity index (χ4v) is 2.68. The Balaban J connectivity index is 1.90. The monoisotopic (exact) mass is 362 g/mol. The molecule has 1 aromatic carbocycles. The number of hydrogen-bond acceptors (Lipinski definition) is 6. The summed E-state index contributed by atoms with van der Waals surface area (Å²) < 4.78 is 5.17. The lowest BCUT2D eigenvalue weighted by molar-refractivity contribution is 0.0526. The Hall–Kier alpha value is -3.28. The molecule has 0 unspecified atom stereocenters. The Bertz CT molecular complexity index is 885. The van der Waals surface area contributed by atoms with Crippen LogP contribution < -0.4 is 4.90 Å². The third-order valence-corrected chi connectivity index (χ3v) is 4.09. The molecule has 6 nitrogen and oxygen atoms in total. The number of nitrogens with zero attached hydrogens (tertiary/aromatic N) is 4. The molecular formula is C21H22N4O2. The summed E-state index contributed by atoms with van der Waals surface area (Å²) in [5.74, 6) is 0.707. The molecule has 0 radical (unpaired) electrons. The van der Waals surface area contributed by atoms with Crippen molar-refractivity contribution in [3.63, 3.8) is 0 Å². The van der Waals surface area contributed by atoms with Gasteiger partial charge in [-0.2, -0.15) is 0 Å². The summed E-state index contributed by atoms with van der Waals surface area (Å²) in [6.45, 7) is 2.74. The minimum Gasteiger partial charge on any atom is -0.462 e. The quantitative estimate of drug-likeness (QED) is 0.600. The molecule has 0 atom stereocenters. The molecule has 27 heavy (non-hydrogen) atoms. The number of ether oxygens (including phenoxy) is 1. The van der Waals surface area contributed by atoms with Crippen molar-refractivity contribution in [2.45, 2.75) is 13.3 Å². The Morgan fingerprint density at radius 3 is 2.56 bits per heavy atom. The van der Waals surface area contributed by atoms with Gasteiger partial charge in [0.1, 0.15) is 11.4 Å². The smallest absolute Gasteiger partial charge is 0.343 e. The van der Waals surface area contributed by atoms with E-state index in [1.54, 1.807) is 19.3 Å². The van der Waals surface area contributed by atoms with Crippen LogP contribution in [-0.4, -0.2) is 41.1 Å². The normalized spacial score (nSPS) is 10.4. The summed E-state index contributed by atoms with van der Waals surface area (Å²) in [6.07, 6.45) is 4.06. The zero-order chi connectivity index (χ0) is 19.1. The van der Waals surface area contributed by atoms with Gasteiger partial charge in [0, 0.05) is 43.7 Å². The average Bonchev–Trinajstić information content (AvgIpc) is 2.73. The van der Waals surface area contributed by atoms with Crippen molar-refractivity contribution in [1.29, 1.82) is 0 Å². The molecule has 0 saturated heterocycles. The largest absolute Gasteiger partial charge is 0.462 e. The van der Waals surface area contributed by atoms with E-state index in [0.29, 0.717) is 30.4 Å². The number of pyridine rings is 1. The third kappa shape index (κ3) is 4.67. The Morgan fingerprint density at radius 2 is 1.85 bits per heavy atom. The second kappa shape index (κ2) is 8.89. The van der Waals surface area contributed by atoms with Crippen molar-refractivity contribution < 1.29 is 9.53 Å². The topological polar surface area (TPSA) is 68.2 Å². The molecule has 2 heterocycles. The lowest BCUT2D eigenvalue weighted by Gasteiger charge is -2.21. The summed E-state index contributed by atoms with van der Waals surface area (Å²) in [5.41, 5.74) is 2.24. The molecule has 2 aromatic heterocycles. The Morgan fingerprint density at radius 1 is 1.07 bits per heavy atom. The van der Waals surface area contributed by atoms with E-state index in [0.717, 1.165) is 17.7 Å². The van der Waals surface area contributed by atoms with Gasteiger partial charge < -0.3 is 9.64 Å². The van der Waals surface area contributed by atoms with Crippen LogP contribution in [0.15, 0.2) is 60.9 Å². The summed E-state index contributed by atoms with van der Waals surface area (Å²) in [5, 5.41) is 0. The van der Waals surface area contributed by atoms with Gasteiger partial charge >= 0.3 is 5.97 Å². The highest BCUT2D eigenvalue weighted by atomic mass is 16.5. The lowest BCUT2D eigenvalue weighted by Crippen LogP contribution is -2.25. The maximum absolute atomic E-state index is 12.4. The summed E-state index contributed by atoms with van der Waals surface area (Å²) >= 11 is 0. The summed E-state index contributed by atoms with van der Waals surface area (Å²) in [4.78, 5) is 27.7.